The summed E-state index contributed by atoms with van der Waals surface area (Å²) in [5.74, 6) is 0. The van der Waals surface area contributed by atoms with E-state index in [9.17, 15) is 4.57 Å². The topological polar surface area (TPSA) is 59.6 Å². The van der Waals surface area contributed by atoms with E-state index in [0.29, 0.717) is 22.2 Å². The monoisotopic (exact) mass is 366 g/mol. The van der Waals surface area contributed by atoms with Gasteiger partial charge in [0.25, 0.3) is 0 Å². The predicted molar refractivity (Wildman–Crippen MR) is 92.4 cm³/mol. The molecule has 1 aliphatic rings. The van der Waals surface area contributed by atoms with Crippen LogP contribution in [0.4, 0.5) is 11.4 Å². The van der Waals surface area contributed by atoms with Crippen LogP contribution in [0.15, 0.2) is 12.1 Å². The normalized spacial score (nSPS) is 24.0. The predicted octanol–water partition coefficient (Wildman–Crippen LogP) is 5.20. The molecule has 2 N–H and O–H groups in total. The maximum atomic E-state index is 13.0. The highest BCUT2D eigenvalue weighted by Crippen LogP contribution is 2.62. The fourth-order valence-corrected chi connectivity index (χ4v) is 5.13. The van der Waals surface area contributed by atoms with Crippen molar-refractivity contribution in [3.8, 4) is 0 Å². The van der Waals surface area contributed by atoms with Gasteiger partial charge in [0.05, 0.1) is 21.4 Å². The first kappa shape index (κ1) is 17.9. The zero-order valence-electron chi connectivity index (χ0n) is 13.3. The summed E-state index contributed by atoms with van der Waals surface area (Å²) in [5, 5.41) is 6.64. The van der Waals surface area contributed by atoms with Crippen LogP contribution < -0.4 is 10.6 Å². The van der Waals surface area contributed by atoms with Gasteiger partial charge in [-0.2, -0.15) is 0 Å². The average molecular weight is 367 g/mol. The summed E-state index contributed by atoms with van der Waals surface area (Å²) < 4.78 is 23.5. The quantitative estimate of drug-likeness (QED) is 0.719. The Labute approximate surface area is 141 Å². The van der Waals surface area contributed by atoms with Crippen molar-refractivity contribution in [1.29, 1.82) is 0 Å². The van der Waals surface area contributed by atoms with Gasteiger partial charge in [0.1, 0.15) is 5.28 Å². The van der Waals surface area contributed by atoms with Crippen molar-refractivity contribution in [2.24, 2.45) is 0 Å². The lowest BCUT2D eigenvalue weighted by atomic mass is 9.96. The van der Waals surface area contributed by atoms with Crippen molar-refractivity contribution in [3.05, 3.63) is 22.2 Å². The van der Waals surface area contributed by atoms with Gasteiger partial charge < -0.3 is 19.7 Å². The molecule has 124 valence electrons. The van der Waals surface area contributed by atoms with Crippen molar-refractivity contribution < 1.29 is 13.6 Å². The number of rotatable bonds is 3. The number of benzene rings is 1. The molecule has 0 radical (unpaired) electrons. The molecule has 8 heteroatoms. The van der Waals surface area contributed by atoms with Crippen molar-refractivity contribution in [1.82, 2.24) is 0 Å². The Hall–Kier alpha value is -0.450. The molecule has 0 amide bonds. The van der Waals surface area contributed by atoms with Crippen molar-refractivity contribution >= 4 is 42.2 Å². The van der Waals surface area contributed by atoms with Crippen LogP contribution in [0.1, 0.15) is 27.2 Å². The minimum absolute atomic E-state index is 0.364. The van der Waals surface area contributed by atoms with Gasteiger partial charge >= 0.3 is 7.60 Å². The molecule has 0 saturated heterocycles. The Kier molecular flexibility index (Phi) is 4.78. The van der Waals surface area contributed by atoms with Gasteiger partial charge in [-0.3, -0.25) is 4.57 Å². The largest absolute Gasteiger partial charge is 0.378 e. The highest BCUT2D eigenvalue weighted by atomic mass is 35.5. The minimum atomic E-state index is -3.39. The second-order valence-electron chi connectivity index (χ2n) is 6.26. The molecule has 0 fully saturated rings. The van der Waals surface area contributed by atoms with Crippen LogP contribution in [0.5, 0.6) is 0 Å². The number of hydrogen-bond acceptors (Lipinski definition) is 5. The number of hydrogen-bond donors (Lipinski definition) is 2. The maximum absolute atomic E-state index is 13.0. The van der Waals surface area contributed by atoms with Crippen LogP contribution in [-0.2, 0) is 13.6 Å². The molecule has 0 bridgehead atoms. The van der Waals surface area contributed by atoms with E-state index < -0.39 is 12.9 Å². The third-order valence-electron chi connectivity index (χ3n) is 3.81. The molecule has 1 heterocycles. The molecule has 0 saturated carbocycles. The molecule has 1 atom stereocenters. The lowest BCUT2D eigenvalue weighted by molar-refractivity contribution is 0.243. The Morgan fingerprint density at radius 2 is 1.50 bits per heavy atom. The fourth-order valence-electron chi connectivity index (χ4n) is 3.00. The number of halogens is 2. The molecule has 1 aliphatic heterocycles. The van der Waals surface area contributed by atoms with Crippen molar-refractivity contribution in [2.45, 2.75) is 38.0 Å². The Morgan fingerprint density at radius 3 is 1.95 bits per heavy atom. The lowest BCUT2D eigenvalue weighted by Crippen LogP contribution is -2.43. The molecule has 0 aromatic heterocycles. The highest BCUT2D eigenvalue weighted by molar-refractivity contribution is 7.55. The van der Waals surface area contributed by atoms with E-state index in [4.69, 9.17) is 32.2 Å². The average Bonchev–Trinajstić information content (AvgIpc) is 2.51. The number of anilines is 2. The Balaban J connectivity index is 2.61. The molecule has 2 rings (SSSR count). The molecule has 22 heavy (non-hydrogen) atoms. The molecule has 1 unspecified atom stereocenters. The van der Waals surface area contributed by atoms with E-state index in [2.05, 4.69) is 10.6 Å². The summed E-state index contributed by atoms with van der Waals surface area (Å²) in [7, 11) is -0.612. The molecule has 5 nitrogen and oxygen atoms in total. The van der Waals surface area contributed by atoms with Crippen LogP contribution in [0.2, 0.25) is 10.0 Å². The van der Waals surface area contributed by atoms with E-state index in [1.165, 1.54) is 14.2 Å². The van der Waals surface area contributed by atoms with Gasteiger partial charge in [-0.05, 0) is 32.9 Å². The molecule has 0 spiro atoms. The second-order valence-corrected chi connectivity index (χ2v) is 9.79. The van der Waals surface area contributed by atoms with E-state index in [1.807, 2.05) is 20.8 Å². The molecule has 1 aromatic carbocycles. The minimum Gasteiger partial charge on any atom is -0.378 e. The van der Waals surface area contributed by atoms with Crippen molar-refractivity contribution in [3.63, 3.8) is 0 Å². The zero-order valence-corrected chi connectivity index (χ0v) is 15.7. The van der Waals surface area contributed by atoms with E-state index in [-0.39, 0.29) is 5.54 Å². The smallest absolute Gasteiger partial charge is 0.355 e. The summed E-state index contributed by atoms with van der Waals surface area (Å²) in [6.07, 6.45) is 0.503. The Morgan fingerprint density at radius 1 is 1.05 bits per heavy atom. The highest BCUT2D eigenvalue weighted by Gasteiger charge is 2.51. The molecule has 0 aliphatic carbocycles. The zero-order chi connectivity index (χ0) is 16.8. The molecule has 1 aromatic rings. The summed E-state index contributed by atoms with van der Waals surface area (Å²) >= 11 is 12.2. The Bertz CT molecular complexity index is 631. The van der Waals surface area contributed by atoms with E-state index in [1.54, 1.807) is 12.1 Å². The van der Waals surface area contributed by atoms with Crippen LogP contribution in [0.3, 0.4) is 0 Å². The number of fused-ring (bicyclic) bond motifs is 1. The van der Waals surface area contributed by atoms with E-state index >= 15 is 0 Å². The van der Waals surface area contributed by atoms with Crippen LogP contribution in [-0.4, -0.2) is 25.0 Å². The second kappa shape index (κ2) is 5.88. The molecular formula is C14H21Cl2N2O3P. The first-order valence-corrected chi connectivity index (χ1v) is 9.13. The first-order valence-electron chi connectivity index (χ1n) is 6.83. The third-order valence-corrected chi connectivity index (χ3v) is 6.97. The summed E-state index contributed by atoms with van der Waals surface area (Å²) in [6.45, 7) is 5.85. The van der Waals surface area contributed by atoms with Crippen LogP contribution in [0.25, 0.3) is 0 Å². The standard InChI is InChI=1S/C14H21Cl2N2O3P/c1-13(2)8-14(3,22(19,20-4)21-5)18-12-7-10(16)9(15)6-11(12)17-13/h6-7,17-18H,8H2,1-5H3. The van der Waals surface area contributed by atoms with Gasteiger partial charge in [0, 0.05) is 26.2 Å². The van der Waals surface area contributed by atoms with Crippen LogP contribution in [0, 0.1) is 0 Å². The van der Waals surface area contributed by atoms with Crippen molar-refractivity contribution in [2.75, 3.05) is 24.9 Å². The van der Waals surface area contributed by atoms with Gasteiger partial charge in [0.15, 0.2) is 0 Å². The van der Waals surface area contributed by atoms with Gasteiger partial charge in [-0.15, -0.1) is 0 Å². The van der Waals surface area contributed by atoms with Gasteiger partial charge in [0.2, 0.25) is 0 Å². The lowest BCUT2D eigenvalue weighted by Gasteiger charge is -2.39. The fraction of sp³-hybridized carbons (Fsp3) is 0.571. The molecular weight excluding hydrogens is 346 g/mol. The SMILES string of the molecule is COP(=O)(OC)C1(C)CC(C)(C)Nc2cc(Cl)c(Cl)cc2N1. The third kappa shape index (κ3) is 3.10. The van der Waals surface area contributed by atoms with Gasteiger partial charge in [-0.1, -0.05) is 23.2 Å². The van der Waals surface area contributed by atoms with Gasteiger partial charge in [-0.25, -0.2) is 0 Å². The summed E-state index contributed by atoms with van der Waals surface area (Å²) in [6, 6.07) is 3.46. The van der Waals surface area contributed by atoms with Crippen LogP contribution >= 0.6 is 30.8 Å². The first-order chi connectivity index (χ1) is 10.1. The maximum Gasteiger partial charge on any atom is 0.355 e. The van der Waals surface area contributed by atoms with E-state index in [0.717, 1.165) is 5.69 Å². The summed E-state index contributed by atoms with van der Waals surface area (Å²) in [5.41, 5.74) is 1.13. The summed E-state index contributed by atoms with van der Waals surface area (Å²) in [4.78, 5) is 0. The number of nitrogens with one attached hydrogen (secondary N) is 2.